The third kappa shape index (κ3) is 2.12. The molecule has 0 amide bonds. The van der Waals surface area contributed by atoms with Crippen LogP contribution in [0.2, 0.25) is 0 Å². The fraction of sp³-hybridized carbons (Fsp3) is 0.800. The van der Waals surface area contributed by atoms with E-state index in [1.165, 1.54) is 12.8 Å². The van der Waals surface area contributed by atoms with Crippen molar-refractivity contribution in [1.29, 1.82) is 0 Å². The van der Waals surface area contributed by atoms with Gasteiger partial charge in [-0.1, -0.05) is 0 Å². The Morgan fingerprint density at radius 2 is 2.14 bits per heavy atom. The van der Waals surface area contributed by atoms with Gasteiger partial charge < -0.3 is 5.32 Å². The van der Waals surface area contributed by atoms with Gasteiger partial charge in [0.2, 0.25) is 0 Å². The molecule has 2 rings (SSSR count). The van der Waals surface area contributed by atoms with Crippen LogP contribution >= 0.6 is 0 Å². The summed E-state index contributed by atoms with van der Waals surface area (Å²) in [6.45, 7) is 4.26. The van der Waals surface area contributed by atoms with Crippen LogP contribution in [0.5, 0.6) is 0 Å². The number of hydrogen-bond acceptors (Lipinski definition) is 3. The highest BCUT2D eigenvalue weighted by molar-refractivity contribution is 4.92. The molecule has 0 atom stereocenters. The first-order valence-electron chi connectivity index (χ1n) is 5.33. The zero-order chi connectivity index (χ0) is 9.97. The predicted molar refractivity (Wildman–Crippen MR) is 55.0 cm³/mol. The third-order valence-electron chi connectivity index (χ3n) is 2.89. The lowest BCUT2D eigenvalue weighted by atomic mass is 9.94. The molecule has 14 heavy (non-hydrogen) atoms. The highest BCUT2D eigenvalue weighted by Crippen LogP contribution is 2.16. The third-order valence-corrected chi connectivity index (χ3v) is 2.89. The van der Waals surface area contributed by atoms with Crippen LogP contribution in [0.15, 0.2) is 0 Å². The topological polar surface area (TPSA) is 42.7 Å². The number of hydrogen-bond donors (Lipinski definition) is 1. The fourth-order valence-electron chi connectivity index (χ4n) is 2.08. The largest absolute Gasteiger partial charge is 0.317 e. The SMILES string of the molecule is Cc1nc(CC2CCNCC2)n(C)n1. The van der Waals surface area contributed by atoms with Crippen LogP contribution < -0.4 is 5.32 Å². The van der Waals surface area contributed by atoms with Crippen molar-refractivity contribution in [2.75, 3.05) is 13.1 Å². The second-order valence-corrected chi connectivity index (χ2v) is 4.10. The highest BCUT2D eigenvalue weighted by atomic mass is 15.3. The molecule has 1 aromatic heterocycles. The van der Waals surface area contributed by atoms with E-state index < -0.39 is 0 Å². The van der Waals surface area contributed by atoms with Gasteiger partial charge in [-0.2, -0.15) is 5.10 Å². The molecule has 0 unspecified atom stereocenters. The lowest BCUT2D eigenvalue weighted by Gasteiger charge is -2.21. The Morgan fingerprint density at radius 1 is 1.43 bits per heavy atom. The maximum Gasteiger partial charge on any atom is 0.147 e. The van der Waals surface area contributed by atoms with E-state index in [0.29, 0.717) is 0 Å². The van der Waals surface area contributed by atoms with E-state index in [1.54, 1.807) is 0 Å². The quantitative estimate of drug-likeness (QED) is 0.752. The van der Waals surface area contributed by atoms with Gasteiger partial charge in [0.15, 0.2) is 0 Å². The number of rotatable bonds is 2. The van der Waals surface area contributed by atoms with Crippen LogP contribution in [-0.4, -0.2) is 27.9 Å². The highest BCUT2D eigenvalue weighted by Gasteiger charge is 2.16. The summed E-state index contributed by atoms with van der Waals surface area (Å²) < 4.78 is 1.91. The van der Waals surface area contributed by atoms with Gasteiger partial charge in [-0.05, 0) is 38.8 Å². The van der Waals surface area contributed by atoms with Gasteiger partial charge in [0.05, 0.1) is 0 Å². The van der Waals surface area contributed by atoms with E-state index in [4.69, 9.17) is 0 Å². The molecule has 78 valence electrons. The average Bonchev–Trinajstić information content (AvgIpc) is 2.47. The Kier molecular flexibility index (Phi) is 2.82. The minimum atomic E-state index is 0.790. The second-order valence-electron chi connectivity index (χ2n) is 4.10. The molecule has 2 heterocycles. The zero-order valence-corrected chi connectivity index (χ0v) is 8.95. The van der Waals surface area contributed by atoms with Crippen LogP contribution in [-0.2, 0) is 13.5 Å². The van der Waals surface area contributed by atoms with Gasteiger partial charge in [0, 0.05) is 13.5 Å². The molecule has 1 saturated heterocycles. The van der Waals surface area contributed by atoms with Crippen molar-refractivity contribution in [2.45, 2.75) is 26.2 Å². The lowest BCUT2D eigenvalue weighted by molar-refractivity contribution is 0.363. The maximum atomic E-state index is 4.44. The molecule has 1 aromatic rings. The van der Waals surface area contributed by atoms with Gasteiger partial charge in [0.25, 0.3) is 0 Å². The molecular formula is C10H18N4. The van der Waals surface area contributed by atoms with E-state index in [-0.39, 0.29) is 0 Å². The summed E-state index contributed by atoms with van der Waals surface area (Å²) in [7, 11) is 1.98. The van der Waals surface area contributed by atoms with Crippen LogP contribution in [0.1, 0.15) is 24.5 Å². The summed E-state index contributed by atoms with van der Waals surface area (Å²) in [4.78, 5) is 4.44. The molecule has 0 radical (unpaired) electrons. The molecule has 1 aliphatic heterocycles. The van der Waals surface area contributed by atoms with E-state index in [1.807, 2.05) is 18.7 Å². The first-order valence-corrected chi connectivity index (χ1v) is 5.33. The Morgan fingerprint density at radius 3 is 2.71 bits per heavy atom. The lowest BCUT2D eigenvalue weighted by Crippen LogP contribution is -2.29. The van der Waals surface area contributed by atoms with E-state index in [9.17, 15) is 0 Å². The molecule has 0 spiro atoms. The normalized spacial score (nSPS) is 18.7. The van der Waals surface area contributed by atoms with Crippen molar-refractivity contribution < 1.29 is 0 Å². The Balaban J connectivity index is 1.98. The van der Waals surface area contributed by atoms with Crippen molar-refractivity contribution >= 4 is 0 Å². The summed E-state index contributed by atoms with van der Waals surface area (Å²) in [5.74, 6) is 2.81. The van der Waals surface area contributed by atoms with Gasteiger partial charge in [0.1, 0.15) is 11.6 Å². The molecule has 0 aliphatic carbocycles. The van der Waals surface area contributed by atoms with E-state index in [2.05, 4.69) is 15.4 Å². The molecule has 1 N–H and O–H groups in total. The summed E-state index contributed by atoms with van der Waals surface area (Å²) in [5, 5.41) is 7.64. The summed E-state index contributed by atoms with van der Waals surface area (Å²) in [5.41, 5.74) is 0. The smallest absolute Gasteiger partial charge is 0.147 e. The molecule has 4 nitrogen and oxygen atoms in total. The van der Waals surface area contributed by atoms with Crippen LogP contribution in [0.4, 0.5) is 0 Å². The molecule has 1 aliphatic rings. The monoisotopic (exact) mass is 194 g/mol. The van der Waals surface area contributed by atoms with Crippen molar-refractivity contribution in [3.63, 3.8) is 0 Å². The molecule has 4 heteroatoms. The summed E-state index contributed by atoms with van der Waals surface area (Å²) in [6, 6.07) is 0. The number of aromatic nitrogens is 3. The predicted octanol–water partition coefficient (Wildman–Crippen LogP) is 0.666. The zero-order valence-electron chi connectivity index (χ0n) is 8.95. The molecular weight excluding hydrogens is 176 g/mol. The molecule has 0 bridgehead atoms. The minimum Gasteiger partial charge on any atom is -0.317 e. The van der Waals surface area contributed by atoms with E-state index >= 15 is 0 Å². The Labute approximate surface area is 84.7 Å². The van der Waals surface area contributed by atoms with Gasteiger partial charge in [-0.3, -0.25) is 4.68 Å². The minimum absolute atomic E-state index is 0.790. The first kappa shape index (κ1) is 9.65. The Hall–Kier alpha value is -0.900. The van der Waals surface area contributed by atoms with Gasteiger partial charge in [-0.15, -0.1) is 0 Å². The second kappa shape index (κ2) is 4.09. The number of piperidine rings is 1. The number of aryl methyl sites for hydroxylation is 2. The van der Waals surface area contributed by atoms with E-state index in [0.717, 1.165) is 37.1 Å². The van der Waals surface area contributed by atoms with Crippen LogP contribution in [0, 0.1) is 12.8 Å². The molecule has 1 fully saturated rings. The van der Waals surface area contributed by atoms with Crippen molar-refractivity contribution in [3.8, 4) is 0 Å². The van der Waals surface area contributed by atoms with Crippen molar-refractivity contribution in [3.05, 3.63) is 11.6 Å². The van der Waals surface area contributed by atoms with Crippen molar-refractivity contribution in [1.82, 2.24) is 20.1 Å². The summed E-state index contributed by atoms with van der Waals surface area (Å²) in [6.07, 6.45) is 3.62. The Bertz CT molecular complexity index is 299. The summed E-state index contributed by atoms with van der Waals surface area (Å²) >= 11 is 0. The van der Waals surface area contributed by atoms with Crippen LogP contribution in [0.25, 0.3) is 0 Å². The molecule has 0 saturated carbocycles. The van der Waals surface area contributed by atoms with Gasteiger partial charge in [-0.25, -0.2) is 4.98 Å². The maximum absolute atomic E-state index is 4.44. The fourth-order valence-corrected chi connectivity index (χ4v) is 2.08. The number of nitrogens with zero attached hydrogens (tertiary/aromatic N) is 3. The standard InChI is InChI=1S/C10H18N4/c1-8-12-10(14(2)13-8)7-9-3-5-11-6-4-9/h9,11H,3-7H2,1-2H3. The van der Waals surface area contributed by atoms with Crippen LogP contribution in [0.3, 0.4) is 0 Å². The number of nitrogens with one attached hydrogen (secondary N) is 1. The van der Waals surface area contributed by atoms with Crippen molar-refractivity contribution in [2.24, 2.45) is 13.0 Å². The van der Waals surface area contributed by atoms with Gasteiger partial charge >= 0.3 is 0 Å². The average molecular weight is 194 g/mol. The first-order chi connectivity index (χ1) is 6.75. The molecule has 0 aromatic carbocycles.